The number of carbonyl (C=O) groups excluding carboxylic acids is 1. The van der Waals surface area contributed by atoms with Crippen molar-refractivity contribution in [3.05, 3.63) is 77.6 Å². The summed E-state index contributed by atoms with van der Waals surface area (Å²) in [6.07, 6.45) is 3.54. The number of rotatable bonds is 8. The molecule has 30 heavy (non-hydrogen) atoms. The lowest BCUT2D eigenvalue weighted by Crippen LogP contribution is -2.31. The van der Waals surface area contributed by atoms with Crippen molar-refractivity contribution in [2.45, 2.75) is 32.3 Å². The van der Waals surface area contributed by atoms with Gasteiger partial charge in [-0.15, -0.1) is 0 Å². The second-order valence-corrected chi connectivity index (χ2v) is 8.67. The Morgan fingerprint density at radius 2 is 1.80 bits per heavy atom. The van der Waals surface area contributed by atoms with E-state index in [1.165, 1.54) is 10.4 Å². The van der Waals surface area contributed by atoms with Crippen molar-refractivity contribution in [2.24, 2.45) is 0 Å². The summed E-state index contributed by atoms with van der Waals surface area (Å²) in [5, 5.41) is 4.17. The lowest BCUT2D eigenvalue weighted by Gasteiger charge is -2.20. The van der Waals surface area contributed by atoms with Crippen LogP contribution in [0.2, 0.25) is 0 Å². The lowest BCUT2D eigenvalue weighted by molar-refractivity contribution is 0.0472. The molecule has 0 fully saturated rings. The van der Waals surface area contributed by atoms with Gasteiger partial charge in [-0.3, -0.25) is 0 Å². The Morgan fingerprint density at radius 1 is 1.10 bits per heavy atom. The molecule has 0 N–H and O–H groups in total. The van der Waals surface area contributed by atoms with Crippen molar-refractivity contribution in [1.82, 2.24) is 14.1 Å². The van der Waals surface area contributed by atoms with Crippen molar-refractivity contribution >= 4 is 16.0 Å². The summed E-state index contributed by atoms with van der Waals surface area (Å²) >= 11 is 0. The van der Waals surface area contributed by atoms with Crippen LogP contribution in [0.3, 0.4) is 0 Å². The maximum atomic E-state index is 12.9. The highest BCUT2D eigenvalue weighted by Crippen LogP contribution is 2.22. The Kier molecular flexibility index (Phi) is 6.69. The van der Waals surface area contributed by atoms with Gasteiger partial charge in [-0.05, 0) is 48.4 Å². The van der Waals surface area contributed by atoms with Crippen LogP contribution in [0, 0.1) is 6.92 Å². The number of esters is 1. The molecule has 0 spiro atoms. The van der Waals surface area contributed by atoms with Gasteiger partial charge in [0.1, 0.15) is 6.61 Å². The van der Waals surface area contributed by atoms with E-state index in [1.807, 2.05) is 36.5 Å². The van der Waals surface area contributed by atoms with Gasteiger partial charge in [0.05, 0.1) is 16.1 Å². The molecule has 0 radical (unpaired) electrons. The molecule has 8 heteroatoms. The standard InChI is InChI=1S/C22H25N3O4S/c1-4-24(5-2)30(27,28)21-15-19(10-7-17(21)3)22(26)29-16-18-8-11-20(12-9-18)25-14-6-13-23-25/h6-15H,4-5,16H2,1-3H3. The number of ether oxygens (including phenoxy) is 1. The zero-order chi connectivity index (χ0) is 21.7. The highest BCUT2D eigenvalue weighted by molar-refractivity contribution is 7.89. The molecule has 0 amide bonds. The lowest BCUT2D eigenvalue weighted by atomic mass is 10.1. The molecule has 0 atom stereocenters. The summed E-state index contributed by atoms with van der Waals surface area (Å²) < 4.78 is 34.2. The normalized spacial score (nSPS) is 11.6. The summed E-state index contributed by atoms with van der Waals surface area (Å²) in [7, 11) is -3.66. The van der Waals surface area contributed by atoms with Crippen LogP contribution in [0.25, 0.3) is 5.69 Å². The minimum Gasteiger partial charge on any atom is -0.457 e. The highest BCUT2D eigenvalue weighted by Gasteiger charge is 2.25. The number of hydrogen-bond acceptors (Lipinski definition) is 5. The third-order valence-corrected chi connectivity index (χ3v) is 7.01. The summed E-state index contributed by atoms with van der Waals surface area (Å²) in [6, 6.07) is 13.9. The quantitative estimate of drug-likeness (QED) is 0.514. The highest BCUT2D eigenvalue weighted by atomic mass is 32.2. The molecular weight excluding hydrogens is 402 g/mol. The van der Waals surface area contributed by atoms with E-state index < -0.39 is 16.0 Å². The Hall–Kier alpha value is -2.97. The molecule has 2 aromatic carbocycles. The molecule has 0 unspecified atom stereocenters. The third kappa shape index (κ3) is 4.60. The van der Waals surface area contributed by atoms with Crippen molar-refractivity contribution in [3.63, 3.8) is 0 Å². The van der Waals surface area contributed by atoms with Gasteiger partial charge in [-0.1, -0.05) is 32.0 Å². The van der Waals surface area contributed by atoms with Gasteiger partial charge in [0.25, 0.3) is 0 Å². The molecule has 0 saturated carbocycles. The van der Waals surface area contributed by atoms with Gasteiger partial charge in [-0.25, -0.2) is 17.9 Å². The van der Waals surface area contributed by atoms with Crippen molar-refractivity contribution in [2.75, 3.05) is 13.1 Å². The van der Waals surface area contributed by atoms with E-state index in [4.69, 9.17) is 4.74 Å². The van der Waals surface area contributed by atoms with Gasteiger partial charge in [0, 0.05) is 25.5 Å². The number of hydrogen-bond donors (Lipinski definition) is 0. The predicted octanol–water partition coefficient (Wildman–Crippen LogP) is 3.57. The Labute approximate surface area is 177 Å². The minimum atomic E-state index is -3.66. The smallest absolute Gasteiger partial charge is 0.338 e. The molecule has 158 valence electrons. The fourth-order valence-electron chi connectivity index (χ4n) is 3.11. The first-order valence-electron chi connectivity index (χ1n) is 9.73. The molecule has 0 saturated heterocycles. The predicted molar refractivity (Wildman–Crippen MR) is 114 cm³/mol. The zero-order valence-electron chi connectivity index (χ0n) is 17.3. The topological polar surface area (TPSA) is 81.5 Å². The van der Waals surface area contributed by atoms with E-state index in [2.05, 4.69) is 5.10 Å². The first kappa shape index (κ1) is 21.7. The SMILES string of the molecule is CCN(CC)S(=O)(=O)c1cc(C(=O)OCc2ccc(-n3cccn3)cc2)ccc1C. The minimum absolute atomic E-state index is 0.0875. The van der Waals surface area contributed by atoms with E-state index in [-0.39, 0.29) is 17.1 Å². The van der Waals surface area contributed by atoms with Crippen LogP contribution in [0.5, 0.6) is 0 Å². The van der Waals surface area contributed by atoms with Gasteiger partial charge in [-0.2, -0.15) is 9.40 Å². The van der Waals surface area contributed by atoms with Crippen LogP contribution in [0.1, 0.15) is 35.3 Å². The molecule has 3 rings (SSSR count). The van der Waals surface area contributed by atoms with Crippen LogP contribution < -0.4 is 0 Å². The first-order chi connectivity index (χ1) is 14.4. The molecule has 0 aliphatic rings. The largest absolute Gasteiger partial charge is 0.457 e. The van der Waals surface area contributed by atoms with E-state index in [0.717, 1.165) is 11.3 Å². The maximum Gasteiger partial charge on any atom is 0.338 e. The number of aromatic nitrogens is 2. The number of benzene rings is 2. The average Bonchev–Trinajstić information content (AvgIpc) is 3.28. The second-order valence-electron chi connectivity index (χ2n) is 6.76. The third-order valence-electron chi connectivity index (χ3n) is 4.82. The Balaban J connectivity index is 1.73. The van der Waals surface area contributed by atoms with Crippen LogP contribution in [-0.2, 0) is 21.4 Å². The van der Waals surface area contributed by atoms with Crippen LogP contribution in [0.15, 0.2) is 65.8 Å². The van der Waals surface area contributed by atoms with Gasteiger partial charge >= 0.3 is 5.97 Å². The van der Waals surface area contributed by atoms with Crippen molar-refractivity contribution in [1.29, 1.82) is 0 Å². The van der Waals surface area contributed by atoms with Gasteiger partial charge in [0.15, 0.2) is 0 Å². The average molecular weight is 428 g/mol. The molecule has 0 aliphatic heterocycles. The molecule has 1 heterocycles. The fraction of sp³-hybridized carbons (Fsp3) is 0.273. The van der Waals surface area contributed by atoms with E-state index in [0.29, 0.717) is 18.7 Å². The maximum absolute atomic E-state index is 12.9. The summed E-state index contributed by atoms with van der Waals surface area (Å²) in [6.45, 7) is 6.10. The molecule has 1 aromatic heterocycles. The molecule has 3 aromatic rings. The number of aryl methyl sites for hydroxylation is 1. The van der Waals surface area contributed by atoms with Crippen molar-refractivity contribution in [3.8, 4) is 5.69 Å². The molecule has 0 aliphatic carbocycles. The molecule has 7 nitrogen and oxygen atoms in total. The summed E-state index contributed by atoms with van der Waals surface area (Å²) in [5.74, 6) is -0.567. The second kappa shape index (κ2) is 9.23. The number of carbonyl (C=O) groups is 1. The first-order valence-corrected chi connectivity index (χ1v) is 11.2. The van der Waals surface area contributed by atoms with Crippen LogP contribution >= 0.6 is 0 Å². The van der Waals surface area contributed by atoms with E-state index in [1.54, 1.807) is 43.8 Å². The zero-order valence-corrected chi connectivity index (χ0v) is 18.1. The summed E-state index contributed by atoms with van der Waals surface area (Å²) in [5.41, 5.74) is 2.52. The fourth-order valence-corrected chi connectivity index (χ4v) is 4.82. The number of sulfonamides is 1. The molecule has 0 bridgehead atoms. The Bertz CT molecular complexity index is 1100. The van der Waals surface area contributed by atoms with Gasteiger partial charge < -0.3 is 4.74 Å². The van der Waals surface area contributed by atoms with Gasteiger partial charge in [0.2, 0.25) is 10.0 Å². The summed E-state index contributed by atoms with van der Waals surface area (Å²) in [4.78, 5) is 12.7. The van der Waals surface area contributed by atoms with E-state index in [9.17, 15) is 13.2 Å². The van der Waals surface area contributed by atoms with Crippen LogP contribution in [0.4, 0.5) is 0 Å². The van der Waals surface area contributed by atoms with E-state index >= 15 is 0 Å². The number of nitrogens with zero attached hydrogens (tertiary/aromatic N) is 3. The molecular formula is C22H25N3O4S. The van der Waals surface area contributed by atoms with Crippen LogP contribution in [-0.4, -0.2) is 41.6 Å². The monoisotopic (exact) mass is 427 g/mol. The Morgan fingerprint density at radius 3 is 2.40 bits per heavy atom. The van der Waals surface area contributed by atoms with Crippen molar-refractivity contribution < 1.29 is 17.9 Å².